The van der Waals surface area contributed by atoms with Gasteiger partial charge in [-0.2, -0.15) is 0 Å². The Bertz CT molecular complexity index is 1360. The second-order valence-electron chi connectivity index (χ2n) is 9.54. The molecule has 0 saturated carbocycles. The first-order chi connectivity index (χ1) is 19.6. The molecule has 0 spiro atoms. The fraction of sp³-hybridized carbons (Fsp3) is 0.393. The Kier molecular flexibility index (Phi) is 9.24. The Morgan fingerprint density at radius 2 is 1.93 bits per heavy atom. The summed E-state index contributed by atoms with van der Waals surface area (Å²) in [6.07, 6.45) is 2.50. The summed E-state index contributed by atoms with van der Waals surface area (Å²) in [6, 6.07) is 15.9. The number of carbonyl (C=O) groups excluding carboxylic acids is 1. The van der Waals surface area contributed by atoms with Gasteiger partial charge < -0.3 is 5.11 Å². The molecule has 1 aromatic heterocycles. The van der Waals surface area contributed by atoms with Gasteiger partial charge in [0.05, 0.1) is 0 Å². The van der Waals surface area contributed by atoms with Crippen molar-refractivity contribution in [2.75, 3.05) is 50.9 Å². The fourth-order valence-corrected chi connectivity index (χ4v) is 6.40. The predicted octanol–water partition coefficient (Wildman–Crippen LogP) is -0.375. The van der Waals surface area contributed by atoms with E-state index in [1.54, 1.807) is 17.0 Å². The van der Waals surface area contributed by atoms with E-state index in [0.717, 1.165) is 16.6 Å². The summed E-state index contributed by atoms with van der Waals surface area (Å²) < 4.78 is 13.5. The molecule has 1 atom stereocenters. The van der Waals surface area contributed by atoms with Gasteiger partial charge in [-0.25, -0.2) is 0 Å². The number of benzene rings is 2. The summed E-state index contributed by atoms with van der Waals surface area (Å²) in [6.45, 7) is 2.61. The van der Waals surface area contributed by atoms with Crippen molar-refractivity contribution in [3.63, 3.8) is 0 Å². The van der Waals surface area contributed by atoms with Crippen LogP contribution in [0.5, 0.6) is 5.75 Å². The van der Waals surface area contributed by atoms with Gasteiger partial charge in [-0.3, -0.25) is 4.79 Å². The van der Waals surface area contributed by atoms with Crippen molar-refractivity contribution in [1.29, 1.82) is 5.26 Å². The van der Waals surface area contributed by atoms with Crippen LogP contribution in [0.15, 0.2) is 48.8 Å². The van der Waals surface area contributed by atoms with Gasteiger partial charge in [-0.15, -0.1) is 0 Å². The Morgan fingerprint density at radius 1 is 1.12 bits per heavy atom. The van der Waals surface area contributed by atoms with Gasteiger partial charge in [-0.05, 0) is 0 Å². The van der Waals surface area contributed by atoms with Gasteiger partial charge in [0.25, 0.3) is 0 Å². The average molecular weight is 606 g/mol. The quantitative estimate of drug-likeness (QED) is 0.326. The summed E-state index contributed by atoms with van der Waals surface area (Å²) in [5.41, 5.74) is 2.19. The molecular formula is C28H30AsN6O5. The van der Waals surface area contributed by atoms with Crippen molar-refractivity contribution >= 4 is 36.3 Å². The van der Waals surface area contributed by atoms with Crippen LogP contribution in [0.3, 0.4) is 0 Å². The number of ether oxygens (including phenoxy) is 2. The average Bonchev–Trinajstić information content (AvgIpc) is 3.01. The van der Waals surface area contributed by atoms with Gasteiger partial charge >= 0.3 is 217 Å². The molecule has 2 fully saturated rings. The Hall–Kier alpha value is -3.55. The molecule has 3 heterocycles. The zero-order valence-corrected chi connectivity index (χ0v) is 23.8. The number of carbonyl (C=O) groups is 1. The molecule has 0 bridgehead atoms. The van der Waals surface area contributed by atoms with Crippen molar-refractivity contribution in [2.45, 2.75) is 25.0 Å². The molecule has 2 aliphatic rings. The van der Waals surface area contributed by atoms with Crippen LogP contribution >= 0.6 is 0 Å². The SMILES string of the molecule is N#Cc1cc(-c2ncnc([As]c3ccc(N4CCOC(CO)C4)cc3)n2)ccc1OC1CCN(C(=O)CO)CC1. The fourth-order valence-electron chi connectivity index (χ4n) is 4.76. The number of hydrogen-bond acceptors (Lipinski definition) is 10. The molecule has 1 amide bonds. The first-order valence-electron chi connectivity index (χ1n) is 13.1. The first-order valence-corrected chi connectivity index (χ1v) is 15.0. The van der Waals surface area contributed by atoms with E-state index in [9.17, 15) is 15.2 Å². The molecule has 1 unspecified atom stereocenters. The summed E-state index contributed by atoms with van der Waals surface area (Å²) in [5.74, 6) is 0.713. The molecule has 2 saturated heterocycles. The summed E-state index contributed by atoms with van der Waals surface area (Å²) in [5, 5.41) is 28.2. The van der Waals surface area contributed by atoms with Crippen molar-refractivity contribution in [3.05, 3.63) is 54.4 Å². The summed E-state index contributed by atoms with van der Waals surface area (Å²) in [4.78, 5) is 28.9. The Labute approximate surface area is 239 Å². The molecule has 40 heavy (non-hydrogen) atoms. The number of rotatable bonds is 8. The zero-order chi connectivity index (χ0) is 27.9. The van der Waals surface area contributed by atoms with Crippen molar-refractivity contribution in [1.82, 2.24) is 19.9 Å². The molecule has 1 radical (unpaired) electrons. The van der Waals surface area contributed by atoms with E-state index in [2.05, 4.69) is 50.2 Å². The number of hydrogen-bond donors (Lipinski definition) is 2. The van der Waals surface area contributed by atoms with E-state index in [-0.39, 0.29) is 24.7 Å². The van der Waals surface area contributed by atoms with Crippen LogP contribution in [0, 0.1) is 11.3 Å². The van der Waals surface area contributed by atoms with Crippen LogP contribution in [0.25, 0.3) is 11.4 Å². The molecule has 0 aliphatic carbocycles. The number of morpholine rings is 1. The van der Waals surface area contributed by atoms with Crippen molar-refractivity contribution in [2.24, 2.45) is 0 Å². The maximum absolute atomic E-state index is 11.7. The van der Waals surface area contributed by atoms with E-state index in [1.165, 1.54) is 6.33 Å². The number of aromatic nitrogens is 3. The number of amides is 1. The molecule has 11 nitrogen and oxygen atoms in total. The van der Waals surface area contributed by atoms with Gasteiger partial charge in [0.1, 0.15) is 6.61 Å². The third-order valence-electron chi connectivity index (χ3n) is 6.93. The standard InChI is InChI=1S/C28H30AsN6O5/c30-14-20-13-19(1-6-25(20)40-23-7-9-34(10-8-23)26(38)17-37)27-31-18-32-28(33-27)29-21-2-4-22(5-3-21)35-11-12-39-24(15-35)16-36/h1-6,13,18,23-24,36-37H,7-12,15-17H2. The molecule has 12 heteroatoms. The van der Waals surface area contributed by atoms with Crippen LogP contribution in [0.1, 0.15) is 18.4 Å². The monoisotopic (exact) mass is 605 g/mol. The minimum absolute atomic E-state index is 0.0151. The molecule has 3 aromatic rings. The third kappa shape index (κ3) is 6.77. The number of nitrogens with zero attached hydrogens (tertiary/aromatic N) is 6. The van der Waals surface area contributed by atoms with Crippen LogP contribution in [-0.4, -0.2) is 110 Å². The van der Waals surface area contributed by atoms with Crippen LogP contribution in [0.2, 0.25) is 0 Å². The summed E-state index contributed by atoms with van der Waals surface area (Å²) >= 11 is -0.470. The second kappa shape index (κ2) is 13.2. The number of nitriles is 1. The van der Waals surface area contributed by atoms with E-state index in [0.29, 0.717) is 66.4 Å². The van der Waals surface area contributed by atoms with E-state index >= 15 is 0 Å². The van der Waals surface area contributed by atoms with Gasteiger partial charge in [0, 0.05) is 0 Å². The van der Waals surface area contributed by atoms with Gasteiger partial charge in [-0.1, -0.05) is 0 Å². The van der Waals surface area contributed by atoms with Crippen LogP contribution in [0.4, 0.5) is 5.69 Å². The van der Waals surface area contributed by atoms with Crippen molar-refractivity contribution in [3.8, 4) is 23.2 Å². The van der Waals surface area contributed by atoms with Gasteiger partial charge in [0.15, 0.2) is 0 Å². The molecule has 2 aromatic carbocycles. The third-order valence-corrected chi connectivity index (χ3v) is 8.97. The molecular weight excluding hydrogens is 575 g/mol. The van der Waals surface area contributed by atoms with Crippen molar-refractivity contribution < 1.29 is 24.5 Å². The summed E-state index contributed by atoms with van der Waals surface area (Å²) in [7, 11) is 0. The number of piperidine rings is 1. The number of aliphatic hydroxyl groups is 2. The Morgan fingerprint density at radius 3 is 2.65 bits per heavy atom. The van der Waals surface area contributed by atoms with E-state index in [4.69, 9.17) is 14.6 Å². The molecule has 207 valence electrons. The van der Waals surface area contributed by atoms with Gasteiger partial charge in [0.2, 0.25) is 5.91 Å². The first kappa shape index (κ1) is 28.0. The van der Waals surface area contributed by atoms with E-state index in [1.807, 2.05) is 6.07 Å². The zero-order valence-electron chi connectivity index (χ0n) is 21.9. The number of aliphatic hydroxyl groups excluding tert-OH is 2. The Balaban J connectivity index is 1.23. The topological polar surface area (TPSA) is 145 Å². The van der Waals surface area contributed by atoms with Crippen LogP contribution < -0.4 is 18.6 Å². The normalized spacial score (nSPS) is 18.2. The minimum atomic E-state index is -0.486. The number of likely N-dealkylation sites (tertiary alicyclic amines) is 1. The molecule has 2 aliphatic heterocycles. The molecule has 5 rings (SSSR count). The van der Waals surface area contributed by atoms with E-state index < -0.39 is 22.4 Å². The second-order valence-corrected chi connectivity index (χ2v) is 11.9. The predicted molar refractivity (Wildman–Crippen MR) is 148 cm³/mol. The number of anilines is 1. The molecule has 2 N–H and O–H groups in total. The maximum atomic E-state index is 11.7. The van der Waals surface area contributed by atoms with Crippen LogP contribution in [-0.2, 0) is 9.53 Å².